The molecule has 6 nitrogen and oxygen atoms in total. The lowest BCUT2D eigenvalue weighted by molar-refractivity contribution is -0.902. The predicted molar refractivity (Wildman–Crippen MR) is 58.3 cm³/mol. The van der Waals surface area contributed by atoms with Crippen molar-refractivity contribution in [2.24, 2.45) is 0 Å². The van der Waals surface area contributed by atoms with Gasteiger partial charge >= 0.3 is 12.1 Å². The number of nitrogens with zero attached hydrogens (tertiary/aromatic N) is 2. The number of imide groups is 1. The lowest BCUT2D eigenvalue weighted by atomic mass is 10.3. The van der Waals surface area contributed by atoms with Gasteiger partial charge < -0.3 is 15.1 Å². The highest BCUT2D eigenvalue weighted by Gasteiger charge is 2.32. The standard InChI is InChI=1S/C10H18N4O2/c1-2-12-5-7-13(8-6-12)10(16)14-4-3-11-9(14)15/h2-8H2,1H3,(H,11,15)/p+1. The van der Waals surface area contributed by atoms with Crippen LogP contribution in [0.2, 0.25) is 0 Å². The molecule has 0 aliphatic carbocycles. The zero-order chi connectivity index (χ0) is 11.5. The fourth-order valence-corrected chi connectivity index (χ4v) is 2.19. The largest absolute Gasteiger partial charge is 0.336 e. The number of hydrogen-bond acceptors (Lipinski definition) is 2. The summed E-state index contributed by atoms with van der Waals surface area (Å²) in [6.07, 6.45) is 0. The maximum atomic E-state index is 12.0. The molecule has 2 aliphatic rings. The van der Waals surface area contributed by atoms with Crippen molar-refractivity contribution in [3.8, 4) is 0 Å². The number of rotatable bonds is 1. The molecule has 0 aromatic carbocycles. The predicted octanol–water partition coefficient (Wildman–Crippen LogP) is -1.65. The van der Waals surface area contributed by atoms with Crippen LogP contribution in [0.1, 0.15) is 6.92 Å². The Labute approximate surface area is 95.2 Å². The van der Waals surface area contributed by atoms with Gasteiger partial charge in [-0.3, -0.25) is 0 Å². The Kier molecular flexibility index (Phi) is 3.28. The van der Waals surface area contributed by atoms with Gasteiger partial charge in [0.15, 0.2) is 0 Å². The number of piperazine rings is 1. The van der Waals surface area contributed by atoms with Gasteiger partial charge in [-0.15, -0.1) is 0 Å². The smallest absolute Gasteiger partial charge is 0.328 e. The van der Waals surface area contributed by atoms with Crippen LogP contribution in [-0.4, -0.2) is 67.7 Å². The first kappa shape index (κ1) is 11.2. The Hall–Kier alpha value is -1.30. The van der Waals surface area contributed by atoms with Crippen LogP contribution in [0.25, 0.3) is 0 Å². The SMILES string of the molecule is CC[NH+]1CCN(C(=O)N2CCNC2=O)CC1. The third-order valence-corrected chi connectivity index (χ3v) is 3.33. The maximum absolute atomic E-state index is 12.0. The molecule has 0 unspecified atom stereocenters. The van der Waals surface area contributed by atoms with Crippen LogP contribution in [0.3, 0.4) is 0 Å². The van der Waals surface area contributed by atoms with Gasteiger partial charge in [0.1, 0.15) is 0 Å². The third kappa shape index (κ3) is 2.11. The summed E-state index contributed by atoms with van der Waals surface area (Å²) in [6.45, 7) is 7.81. The minimum atomic E-state index is -0.254. The molecule has 2 rings (SSSR count). The van der Waals surface area contributed by atoms with Crippen molar-refractivity contribution in [3.63, 3.8) is 0 Å². The Morgan fingerprint density at radius 1 is 1.38 bits per heavy atom. The molecular weight excluding hydrogens is 208 g/mol. The highest BCUT2D eigenvalue weighted by atomic mass is 16.2. The van der Waals surface area contributed by atoms with E-state index in [1.54, 1.807) is 4.90 Å². The Balaban J connectivity index is 1.89. The van der Waals surface area contributed by atoms with Crippen molar-refractivity contribution >= 4 is 12.1 Å². The van der Waals surface area contributed by atoms with Crippen molar-refractivity contribution in [3.05, 3.63) is 0 Å². The summed E-state index contributed by atoms with van der Waals surface area (Å²) in [5.74, 6) is 0. The van der Waals surface area contributed by atoms with E-state index in [0.29, 0.717) is 13.1 Å². The quantitative estimate of drug-likeness (QED) is 0.564. The molecule has 6 heteroatoms. The highest BCUT2D eigenvalue weighted by molar-refractivity contribution is 5.94. The zero-order valence-electron chi connectivity index (χ0n) is 9.66. The summed E-state index contributed by atoms with van der Waals surface area (Å²) in [6, 6.07) is -0.388. The Bertz CT molecular complexity index is 287. The molecule has 0 aromatic heterocycles. The van der Waals surface area contributed by atoms with Gasteiger partial charge in [-0.1, -0.05) is 0 Å². The Morgan fingerprint density at radius 3 is 2.56 bits per heavy atom. The number of nitrogens with one attached hydrogen (secondary N) is 2. The number of carbonyl (C=O) groups excluding carboxylic acids is 2. The topological polar surface area (TPSA) is 57.1 Å². The van der Waals surface area contributed by atoms with E-state index in [-0.39, 0.29) is 12.1 Å². The van der Waals surface area contributed by atoms with Crippen LogP contribution in [0.15, 0.2) is 0 Å². The second-order valence-electron chi connectivity index (χ2n) is 4.26. The van der Waals surface area contributed by atoms with Gasteiger partial charge in [0.2, 0.25) is 0 Å². The van der Waals surface area contributed by atoms with E-state index >= 15 is 0 Å². The lowest BCUT2D eigenvalue weighted by Crippen LogP contribution is -3.14. The van der Waals surface area contributed by atoms with Crippen LogP contribution < -0.4 is 10.2 Å². The van der Waals surface area contributed by atoms with Gasteiger partial charge in [-0.2, -0.15) is 0 Å². The minimum absolute atomic E-state index is 0.134. The molecule has 4 amide bonds. The van der Waals surface area contributed by atoms with E-state index in [2.05, 4.69) is 12.2 Å². The molecule has 2 heterocycles. The molecule has 0 saturated carbocycles. The number of likely N-dealkylation sites (N-methyl/N-ethyl adjacent to an activating group) is 1. The first-order valence-corrected chi connectivity index (χ1v) is 5.90. The summed E-state index contributed by atoms with van der Waals surface area (Å²) < 4.78 is 0. The number of amides is 4. The van der Waals surface area contributed by atoms with Crippen molar-refractivity contribution in [1.82, 2.24) is 15.1 Å². The average molecular weight is 227 g/mol. The van der Waals surface area contributed by atoms with Crippen LogP contribution in [-0.2, 0) is 0 Å². The average Bonchev–Trinajstić information content (AvgIpc) is 2.75. The second-order valence-corrected chi connectivity index (χ2v) is 4.26. The molecule has 90 valence electrons. The summed E-state index contributed by atoms with van der Waals surface area (Å²) in [7, 11) is 0. The molecule has 0 radical (unpaired) electrons. The van der Waals surface area contributed by atoms with E-state index in [4.69, 9.17) is 0 Å². The van der Waals surface area contributed by atoms with Crippen molar-refractivity contribution in [1.29, 1.82) is 0 Å². The summed E-state index contributed by atoms with van der Waals surface area (Å²) in [4.78, 5) is 27.9. The lowest BCUT2D eigenvalue weighted by Gasteiger charge is -2.33. The first-order chi connectivity index (χ1) is 7.72. The van der Waals surface area contributed by atoms with Crippen LogP contribution >= 0.6 is 0 Å². The molecule has 2 aliphatic heterocycles. The number of quaternary nitrogens is 1. The van der Waals surface area contributed by atoms with E-state index in [1.165, 1.54) is 9.80 Å². The molecule has 2 fully saturated rings. The van der Waals surface area contributed by atoms with E-state index in [9.17, 15) is 9.59 Å². The minimum Gasteiger partial charge on any atom is -0.336 e. The zero-order valence-corrected chi connectivity index (χ0v) is 9.66. The number of carbonyl (C=O) groups is 2. The molecule has 16 heavy (non-hydrogen) atoms. The number of hydrogen-bond donors (Lipinski definition) is 2. The molecule has 0 aromatic rings. The van der Waals surface area contributed by atoms with Crippen LogP contribution in [0.5, 0.6) is 0 Å². The monoisotopic (exact) mass is 227 g/mol. The van der Waals surface area contributed by atoms with E-state index in [0.717, 1.165) is 32.7 Å². The molecule has 0 bridgehead atoms. The molecule has 0 atom stereocenters. The van der Waals surface area contributed by atoms with Crippen molar-refractivity contribution in [2.45, 2.75) is 6.92 Å². The van der Waals surface area contributed by atoms with E-state index in [1.807, 2.05) is 0 Å². The summed E-state index contributed by atoms with van der Waals surface area (Å²) in [5.41, 5.74) is 0. The summed E-state index contributed by atoms with van der Waals surface area (Å²) >= 11 is 0. The maximum Gasteiger partial charge on any atom is 0.328 e. The van der Waals surface area contributed by atoms with Gasteiger partial charge in [-0.25, -0.2) is 14.5 Å². The second kappa shape index (κ2) is 4.69. The molecular formula is C10H19N4O2+. The Morgan fingerprint density at radius 2 is 2.06 bits per heavy atom. The first-order valence-electron chi connectivity index (χ1n) is 5.90. The molecule has 2 saturated heterocycles. The highest BCUT2D eigenvalue weighted by Crippen LogP contribution is 2.03. The van der Waals surface area contributed by atoms with Gasteiger partial charge in [0, 0.05) is 13.1 Å². The molecule has 0 spiro atoms. The van der Waals surface area contributed by atoms with Gasteiger partial charge in [0.05, 0.1) is 32.7 Å². The number of urea groups is 2. The van der Waals surface area contributed by atoms with Gasteiger partial charge in [0.25, 0.3) is 0 Å². The van der Waals surface area contributed by atoms with Gasteiger partial charge in [-0.05, 0) is 6.92 Å². The fraction of sp³-hybridized carbons (Fsp3) is 0.800. The normalized spacial score (nSPS) is 22.4. The van der Waals surface area contributed by atoms with E-state index < -0.39 is 0 Å². The summed E-state index contributed by atoms with van der Waals surface area (Å²) in [5, 5.41) is 2.64. The van der Waals surface area contributed by atoms with Crippen LogP contribution in [0.4, 0.5) is 9.59 Å². The van der Waals surface area contributed by atoms with Crippen molar-refractivity contribution < 1.29 is 14.5 Å². The molecule has 2 N–H and O–H groups in total. The fourth-order valence-electron chi connectivity index (χ4n) is 2.19. The van der Waals surface area contributed by atoms with Crippen molar-refractivity contribution in [2.75, 3.05) is 45.8 Å². The third-order valence-electron chi connectivity index (χ3n) is 3.33. The van der Waals surface area contributed by atoms with Crippen LogP contribution in [0, 0.1) is 0 Å².